The van der Waals surface area contributed by atoms with Gasteiger partial charge in [-0.2, -0.15) is 0 Å². The molecule has 2 rings (SSSR count). The van der Waals surface area contributed by atoms with Crippen molar-refractivity contribution in [2.75, 3.05) is 13.3 Å². The van der Waals surface area contributed by atoms with Gasteiger partial charge in [0.15, 0.2) is 11.9 Å². The zero-order chi connectivity index (χ0) is 20.6. The normalized spacial score (nSPS) is 31.4. The van der Waals surface area contributed by atoms with E-state index in [9.17, 15) is 24.1 Å². The van der Waals surface area contributed by atoms with Crippen molar-refractivity contribution in [3.8, 4) is 0 Å². The van der Waals surface area contributed by atoms with E-state index in [-0.39, 0.29) is 5.78 Å². The predicted molar refractivity (Wildman–Crippen MR) is 93.5 cm³/mol. The lowest BCUT2D eigenvalue weighted by Crippen LogP contribution is -2.43. The number of ether oxygens (including phenoxy) is 1. The first kappa shape index (κ1) is 21.6. The number of rotatable bonds is 7. The summed E-state index contributed by atoms with van der Waals surface area (Å²) in [7, 11) is -3.43. The summed E-state index contributed by atoms with van der Waals surface area (Å²) < 4.78 is 38.9. The molecule has 0 bridgehead atoms. The van der Waals surface area contributed by atoms with E-state index >= 15 is 4.39 Å². The number of carbonyl (C=O) groups is 1. The number of aromatic nitrogens is 2. The molecule has 1 fully saturated rings. The fraction of sp³-hybridized carbons (Fsp3) is 0.667. The summed E-state index contributed by atoms with van der Waals surface area (Å²) in [6.45, 7) is 4.68. The number of aromatic amines is 1. The van der Waals surface area contributed by atoms with Crippen molar-refractivity contribution in [1.29, 1.82) is 0 Å². The van der Waals surface area contributed by atoms with Crippen LogP contribution in [-0.2, 0) is 18.6 Å². The van der Waals surface area contributed by atoms with Crippen LogP contribution >= 0.6 is 7.52 Å². The van der Waals surface area contributed by atoms with E-state index in [4.69, 9.17) is 9.26 Å². The van der Waals surface area contributed by atoms with Gasteiger partial charge in [-0.25, -0.2) is 14.3 Å². The maximum absolute atomic E-state index is 15.0. The Labute approximate surface area is 154 Å². The average Bonchev–Trinajstić information content (AvgIpc) is 2.76. The van der Waals surface area contributed by atoms with Gasteiger partial charge in [0.1, 0.15) is 18.0 Å². The molecule has 152 valence electrons. The number of carbonyl (C=O) groups excluding carboxylic acids is 1. The minimum atomic E-state index is -3.43. The second-order valence-corrected chi connectivity index (χ2v) is 8.95. The molecule has 10 nitrogen and oxygen atoms in total. The highest BCUT2D eigenvalue weighted by atomic mass is 31.2. The van der Waals surface area contributed by atoms with Crippen LogP contribution in [0.15, 0.2) is 21.9 Å². The number of alkyl halides is 1. The number of aliphatic hydroxyl groups excluding tert-OH is 1. The third-order valence-electron chi connectivity index (χ3n) is 4.34. The Balaban J connectivity index is 2.14. The van der Waals surface area contributed by atoms with Crippen LogP contribution in [0.3, 0.4) is 0 Å². The van der Waals surface area contributed by atoms with E-state index in [0.717, 1.165) is 23.8 Å². The highest BCUT2D eigenvalue weighted by Crippen LogP contribution is 2.44. The summed E-state index contributed by atoms with van der Waals surface area (Å²) in [5.74, 6) is -0.244. The molecule has 0 saturated carbocycles. The average molecular weight is 407 g/mol. The lowest BCUT2D eigenvalue weighted by Gasteiger charge is -2.24. The van der Waals surface area contributed by atoms with Crippen molar-refractivity contribution < 1.29 is 28.1 Å². The molecule has 1 aromatic heterocycles. The van der Waals surface area contributed by atoms with Crippen LogP contribution in [0.4, 0.5) is 4.39 Å². The molecule has 2 heterocycles. The van der Waals surface area contributed by atoms with Gasteiger partial charge in [0.25, 0.3) is 13.1 Å². The molecule has 0 unspecified atom stereocenters. The molecule has 1 aliphatic heterocycles. The topological polar surface area (TPSA) is 140 Å². The molecular weight excluding hydrogens is 384 g/mol. The minimum Gasteiger partial charge on any atom is -0.387 e. The number of ketones is 1. The van der Waals surface area contributed by atoms with Crippen molar-refractivity contribution in [3.63, 3.8) is 0 Å². The van der Waals surface area contributed by atoms with Crippen molar-refractivity contribution >= 4 is 13.3 Å². The number of nitrogens with one attached hydrogen (secondary N) is 2. The van der Waals surface area contributed by atoms with Gasteiger partial charge in [-0.1, -0.05) is 0 Å². The van der Waals surface area contributed by atoms with Crippen LogP contribution in [0.1, 0.15) is 27.0 Å². The summed E-state index contributed by atoms with van der Waals surface area (Å²) in [5.41, 5.74) is -3.94. The maximum Gasteiger partial charge on any atom is 0.330 e. The first-order chi connectivity index (χ1) is 12.3. The van der Waals surface area contributed by atoms with Gasteiger partial charge in [-0.3, -0.25) is 23.7 Å². The number of nitrogens with zero attached hydrogens (tertiary/aromatic N) is 1. The van der Waals surface area contributed by atoms with E-state index in [0.29, 0.717) is 0 Å². The van der Waals surface area contributed by atoms with Gasteiger partial charge in [0.05, 0.1) is 12.6 Å². The SMILES string of the molecule is CC(=O)[C@H](C)N[P@](C)(=O)OC[C@H]1O[C@@H](n2ccc(=O)[nH]c2=O)[C@](C)(F)[C@@H]1O. The van der Waals surface area contributed by atoms with Gasteiger partial charge in [-0.05, 0) is 20.8 Å². The second-order valence-electron chi connectivity index (χ2n) is 6.74. The molecule has 6 atom stereocenters. The molecule has 27 heavy (non-hydrogen) atoms. The molecule has 0 aliphatic carbocycles. The van der Waals surface area contributed by atoms with Gasteiger partial charge in [0, 0.05) is 18.9 Å². The highest BCUT2D eigenvalue weighted by molar-refractivity contribution is 7.56. The smallest absolute Gasteiger partial charge is 0.330 e. The Morgan fingerprint density at radius 1 is 1.59 bits per heavy atom. The molecular formula is C15H23FN3O7P. The van der Waals surface area contributed by atoms with E-state index in [2.05, 4.69) is 5.09 Å². The van der Waals surface area contributed by atoms with E-state index in [1.807, 2.05) is 4.98 Å². The molecule has 0 radical (unpaired) electrons. The van der Waals surface area contributed by atoms with Gasteiger partial charge >= 0.3 is 5.69 Å². The van der Waals surface area contributed by atoms with Crippen molar-refractivity contribution in [2.45, 2.75) is 50.9 Å². The predicted octanol–water partition coefficient (Wildman–Crippen LogP) is -0.0703. The summed E-state index contributed by atoms with van der Waals surface area (Å²) in [6, 6.07) is 0.304. The van der Waals surface area contributed by atoms with Gasteiger partial charge in [0.2, 0.25) is 0 Å². The monoisotopic (exact) mass is 407 g/mol. The molecule has 3 N–H and O–H groups in total. The second kappa shape index (κ2) is 7.76. The Morgan fingerprint density at radius 2 is 2.22 bits per heavy atom. The Bertz CT molecular complexity index is 867. The molecule has 1 aliphatic rings. The van der Waals surface area contributed by atoms with Gasteiger partial charge in [-0.15, -0.1) is 0 Å². The lowest BCUT2D eigenvalue weighted by molar-refractivity contribution is -0.118. The third kappa shape index (κ3) is 4.80. The lowest BCUT2D eigenvalue weighted by atomic mass is 9.98. The van der Waals surface area contributed by atoms with Crippen LogP contribution in [0.5, 0.6) is 0 Å². The van der Waals surface area contributed by atoms with Crippen molar-refractivity contribution in [2.24, 2.45) is 0 Å². The molecule has 0 aromatic carbocycles. The van der Waals surface area contributed by atoms with E-state index in [1.54, 1.807) is 0 Å². The summed E-state index contributed by atoms with van der Waals surface area (Å²) in [4.78, 5) is 36.3. The first-order valence-electron chi connectivity index (χ1n) is 8.19. The summed E-state index contributed by atoms with van der Waals surface area (Å²) in [5, 5.41) is 12.8. The quantitative estimate of drug-likeness (QED) is 0.534. The van der Waals surface area contributed by atoms with Crippen LogP contribution in [0.2, 0.25) is 0 Å². The number of Topliss-reactive ketones (excluding diaryl/α,β-unsaturated/α-hetero) is 1. The van der Waals surface area contributed by atoms with E-state index < -0.39 is 55.5 Å². The van der Waals surface area contributed by atoms with Crippen LogP contribution in [0.25, 0.3) is 0 Å². The number of hydrogen-bond acceptors (Lipinski definition) is 7. The van der Waals surface area contributed by atoms with Crippen LogP contribution in [-0.4, -0.2) is 57.6 Å². The van der Waals surface area contributed by atoms with Gasteiger partial charge < -0.3 is 14.4 Å². The highest BCUT2D eigenvalue weighted by Gasteiger charge is 2.55. The van der Waals surface area contributed by atoms with E-state index in [1.165, 1.54) is 20.5 Å². The Morgan fingerprint density at radius 3 is 2.78 bits per heavy atom. The van der Waals surface area contributed by atoms with Crippen LogP contribution in [0, 0.1) is 0 Å². The molecule has 1 aromatic rings. The fourth-order valence-electron chi connectivity index (χ4n) is 2.66. The molecule has 0 spiro atoms. The number of H-pyrrole nitrogens is 1. The first-order valence-corrected chi connectivity index (χ1v) is 10.3. The number of hydrogen-bond donors (Lipinski definition) is 3. The Kier molecular flexibility index (Phi) is 6.23. The molecule has 0 amide bonds. The molecule has 12 heteroatoms. The summed E-state index contributed by atoms with van der Waals surface area (Å²) >= 11 is 0. The Hall–Kier alpha value is -1.65. The number of aliphatic hydroxyl groups is 1. The zero-order valence-electron chi connectivity index (χ0n) is 15.3. The standard InChI is InChI=1S/C15H23FN3O7P/c1-8(9(2)20)18-27(4,24)25-7-10-12(22)15(3,16)13(26-10)19-6-5-11(21)17-14(19)23/h5-6,8,10,12-13,22H,7H2,1-4H3,(H,18,24)(H,17,21,23)/t8-,10+,12+,13+,15+,27+/m0/s1. The zero-order valence-corrected chi connectivity index (χ0v) is 16.2. The third-order valence-corrected chi connectivity index (χ3v) is 5.84. The summed E-state index contributed by atoms with van der Waals surface area (Å²) in [6.07, 6.45) is -3.38. The number of halogens is 1. The molecule has 1 saturated heterocycles. The van der Waals surface area contributed by atoms with Crippen molar-refractivity contribution in [1.82, 2.24) is 14.6 Å². The maximum atomic E-state index is 15.0. The van der Waals surface area contributed by atoms with Crippen molar-refractivity contribution in [3.05, 3.63) is 33.1 Å². The minimum absolute atomic E-state index is 0.244. The largest absolute Gasteiger partial charge is 0.387 e. The fourth-order valence-corrected chi connectivity index (χ4v) is 4.05. The van der Waals surface area contributed by atoms with Crippen LogP contribution < -0.4 is 16.3 Å².